The van der Waals surface area contributed by atoms with Crippen molar-refractivity contribution in [2.45, 2.75) is 50.5 Å². The van der Waals surface area contributed by atoms with E-state index in [2.05, 4.69) is 181 Å². The van der Waals surface area contributed by atoms with E-state index < -0.39 is 0 Å². The van der Waals surface area contributed by atoms with Crippen molar-refractivity contribution >= 4 is 27.7 Å². The Morgan fingerprint density at radius 3 is 2.00 bits per heavy atom. The minimum atomic E-state index is 0.193. The van der Waals surface area contributed by atoms with Crippen molar-refractivity contribution in [3.8, 4) is 22.3 Å². The van der Waals surface area contributed by atoms with Crippen LogP contribution in [-0.4, -0.2) is 6.04 Å². The number of fused-ring (bicyclic) bond motifs is 2. The van der Waals surface area contributed by atoms with E-state index in [1.165, 1.54) is 93.2 Å². The minimum absolute atomic E-state index is 0.193. The largest absolute Gasteiger partial charge is 0.334 e. The van der Waals surface area contributed by atoms with Crippen molar-refractivity contribution in [2.75, 3.05) is 4.90 Å². The summed E-state index contributed by atoms with van der Waals surface area (Å²) >= 11 is 0. The van der Waals surface area contributed by atoms with Crippen molar-refractivity contribution in [2.24, 2.45) is 0 Å². The van der Waals surface area contributed by atoms with Crippen LogP contribution in [0.5, 0.6) is 0 Å². The number of anilines is 2. The summed E-state index contributed by atoms with van der Waals surface area (Å²) in [5, 5.41) is 2.55. The summed E-state index contributed by atoms with van der Waals surface area (Å²) in [4.78, 5) is 2.50. The number of hydrogen-bond acceptors (Lipinski definition) is 1. The number of rotatable bonds is 7. The van der Waals surface area contributed by atoms with Crippen LogP contribution in [0.4, 0.5) is 11.4 Å². The van der Waals surface area contributed by atoms with Crippen molar-refractivity contribution in [3.63, 3.8) is 0 Å². The summed E-state index contributed by atoms with van der Waals surface area (Å²) in [6.07, 6.45) is 19.2. The second-order valence-electron chi connectivity index (χ2n) is 15.0. The number of hydrogen-bond donors (Lipinski definition) is 0. The number of allylic oxidation sites excluding steroid dienone is 8. The normalized spacial score (nSPS) is 19.1. The summed E-state index contributed by atoms with van der Waals surface area (Å²) in [7, 11) is 0. The van der Waals surface area contributed by atoms with Gasteiger partial charge in [0.25, 0.3) is 0 Å². The molecule has 0 bridgehead atoms. The van der Waals surface area contributed by atoms with E-state index in [0.29, 0.717) is 5.92 Å². The van der Waals surface area contributed by atoms with Crippen LogP contribution in [0, 0.1) is 0 Å². The summed E-state index contributed by atoms with van der Waals surface area (Å²) in [5.41, 5.74) is 18.1. The standard InChI is InChI=1S/C52H43N/c1-2-10-36(11-3-1)38-24-30-43(31-25-38)53(45-34-28-41(29-35-45)47-17-8-13-40-12-4-5-14-46(40)47)44-32-26-39(27-33-44)37-20-22-42(23-21-37)52-50-16-7-6-15-48(50)49-18-9-19-51(49)52/h1-5,7-8,10-14,16-17,20-32,34-35,44,52H,6,9,15,18-19,33H2/t44?,52-/m1/s1. The molecule has 0 saturated heterocycles. The van der Waals surface area contributed by atoms with Gasteiger partial charge in [-0.2, -0.15) is 0 Å². The van der Waals surface area contributed by atoms with Gasteiger partial charge in [0.05, 0.1) is 6.04 Å². The van der Waals surface area contributed by atoms with Gasteiger partial charge in [-0.1, -0.05) is 157 Å². The molecule has 2 atom stereocenters. The van der Waals surface area contributed by atoms with Gasteiger partial charge < -0.3 is 4.90 Å². The molecule has 0 spiro atoms. The first-order valence-corrected chi connectivity index (χ1v) is 19.4. The van der Waals surface area contributed by atoms with Crippen LogP contribution >= 0.6 is 0 Å². The smallest absolute Gasteiger partial charge is 0.0560 e. The Bertz CT molecular complexity index is 2470. The maximum Gasteiger partial charge on any atom is 0.0560 e. The monoisotopic (exact) mass is 681 g/mol. The molecule has 256 valence electrons. The molecule has 4 aliphatic carbocycles. The molecule has 6 aromatic carbocycles. The first kappa shape index (κ1) is 31.8. The predicted molar refractivity (Wildman–Crippen MR) is 224 cm³/mol. The van der Waals surface area contributed by atoms with Gasteiger partial charge in [-0.15, -0.1) is 0 Å². The minimum Gasteiger partial charge on any atom is -0.334 e. The van der Waals surface area contributed by atoms with E-state index in [1.807, 2.05) is 0 Å². The molecule has 4 aliphatic rings. The molecule has 0 fully saturated rings. The van der Waals surface area contributed by atoms with Gasteiger partial charge >= 0.3 is 0 Å². The summed E-state index contributed by atoms with van der Waals surface area (Å²) in [5.74, 6) is 0.460. The third-order valence-corrected chi connectivity index (χ3v) is 12.0. The zero-order valence-corrected chi connectivity index (χ0v) is 30.1. The molecule has 0 saturated carbocycles. The topological polar surface area (TPSA) is 3.24 Å². The van der Waals surface area contributed by atoms with Gasteiger partial charge in [-0.3, -0.25) is 0 Å². The van der Waals surface area contributed by atoms with Crippen LogP contribution in [0.15, 0.2) is 198 Å². The fourth-order valence-corrected chi connectivity index (χ4v) is 9.42. The third kappa shape index (κ3) is 5.82. The SMILES string of the molecule is C1=CC2=C(CC1)C1=C(CCC1)[C@@H]2c1ccc(C2=CCC(N(c3ccc(-c4ccccc4)cc3)c3ccc(-c4cccc5ccccc45)cc3)C=C2)cc1. The highest BCUT2D eigenvalue weighted by atomic mass is 15.2. The fraction of sp³-hybridized carbons (Fsp3) is 0.154. The van der Waals surface area contributed by atoms with Crippen LogP contribution in [0.25, 0.3) is 38.6 Å². The molecule has 0 N–H and O–H groups in total. The van der Waals surface area contributed by atoms with Crippen molar-refractivity contribution in [1.82, 2.24) is 0 Å². The van der Waals surface area contributed by atoms with Crippen LogP contribution < -0.4 is 4.90 Å². The van der Waals surface area contributed by atoms with Crippen LogP contribution in [0.1, 0.15) is 55.6 Å². The van der Waals surface area contributed by atoms with Gasteiger partial charge in [0, 0.05) is 17.3 Å². The number of nitrogens with zero attached hydrogens (tertiary/aromatic N) is 1. The van der Waals surface area contributed by atoms with E-state index in [4.69, 9.17) is 0 Å². The fourth-order valence-electron chi connectivity index (χ4n) is 9.42. The second kappa shape index (κ2) is 13.6. The average Bonchev–Trinajstić information content (AvgIpc) is 3.84. The predicted octanol–water partition coefficient (Wildman–Crippen LogP) is 13.9. The molecule has 53 heavy (non-hydrogen) atoms. The first-order chi connectivity index (χ1) is 26.3. The number of benzene rings is 6. The van der Waals surface area contributed by atoms with E-state index in [0.717, 1.165) is 6.42 Å². The van der Waals surface area contributed by atoms with Crippen molar-refractivity contribution in [1.29, 1.82) is 0 Å². The van der Waals surface area contributed by atoms with Gasteiger partial charge in [0.15, 0.2) is 0 Å². The Hall–Kier alpha value is -5.92. The van der Waals surface area contributed by atoms with E-state index in [9.17, 15) is 0 Å². The Morgan fingerprint density at radius 1 is 0.528 bits per heavy atom. The molecular weight excluding hydrogens is 639 g/mol. The Labute approximate surface area is 313 Å². The quantitative estimate of drug-likeness (QED) is 0.162. The highest BCUT2D eigenvalue weighted by Crippen LogP contribution is 2.53. The second-order valence-corrected chi connectivity index (χ2v) is 15.0. The molecule has 1 heteroatoms. The molecule has 1 nitrogen and oxygen atoms in total. The summed E-state index contributed by atoms with van der Waals surface area (Å²) in [6, 6.07) is 53.9. The zero-order valence-electron chi connectivity index (χ0n) is 30.1. The molecule has 0 aromatic heterocycles. The Kier molecular flexibility index (Phi) is 8.14. The molecule has 0 amide bonds. The average molecular weight is 682 g/mol. The van der Waals surface area contributed by atoms with Crippen LogP contribution in [0.3, 0.4) is 0 Å². The lowest BCUT2D eigenvalue weighted by Crippen LogP contribution is -2.30. The Balaban J connectivity index is 0.940. The van der Waals surface area contributed by atoms with Gasteiger partial charge in [-0.25, -0.2) is 0 Å². The van der Waals surface area contributed by atoms with Gasteiger partial charge in [-0.05, 0) is 129 Å². The van der Waals surface area contributed by atoms with E-state index >= 15 is 0 Å². The lowest BCUT2D eigenvalue weighted by molar-refractivity contribution is 0.787. The summed E-state index contributed by atoms with van der Waals surface area (Å²) < 4.78 is 0. The van der Waals surface area contributed by atoms with E-state index in [1.54, 1.807) is 22.3 Å². The molecule has 0 aliphatic heterocycles. The highest BCUT2D eigenvalue weighted by molar-refractivity contribution is 5.97. The van der Waals surface area contributed by atoms with Crippen LogP contribution in [-0.2, 0) is 0 Å². The van der Waals surface area contributed by atoms with E-state index in [-0.39, 0.29) is 6.04 Å². The third-order valence-electron chi connectivity index (χ3n) is 12.0. The lowest BCUT2D eigenvalue weighted by Gasteiger charge is -2.33. The molecule has 1 unspecified atom stereocenters. The highest BCUT2D eigenvalue weighted by Gasteiger charge is 2.36. The molecule has 6 aromatic rings. The zero-order chi connectivity index (χ0) is 35.1. The Morgan fingerprint density at radius 2 is 1.23 bits per heavy atom. The van der Waals surface area contributed by atoms with Crippen molar-refractivity contribution < 1.29 is 0 Å². The van der Waals surface area contributed by atoms with Gasteiger partial charge in [0.2, 0.25) is 0 Å². The summed E-state index contributed by atoms with van der Waals surface area (Å²) in [6.45, 7) is 0. The van der Waals surface area contributed by atoms with Crippen LogP contribution in [0.2, 0.25) is 0 Å². The molecule has 10 rings (SSSR count). The van der Waals surface area contributed by atoms with Gasteiger partial charge in [0.1, 0.15) is 0 Å². The lowest BCUT2D eigenvalue weighted by atomic mass is 9.83. The molecule has 0 heterocycles. The molecule has 0 radical (unpaired) electrons. The maximum atomic E-state index is 2.50. The first-order valence-electron chi connectivity index (χ1n) is 19.4. The van der Waals surface area contributed by atoms with Crippen molar-refractivity contribution in [3.05, 3.63) is 209 Å². The molecular formula is C52H43N. The maximum absolute atomic E-state index is 2.50.